The molecule has 0 bridgehead atoms. The number of pyridine rings is 1. The average molecular weight is 379 g/mol. The molecule has 1 N–H and O–H groups in total. The second-order valence-electron chi connectivity index (χ2n) is 7.39. The van der Waals surface area contributed by atoms with Crippen molar-refractivity contribution < 1.29 is 13.0 Å². The molecule has 1 atom stereocenters. The van der Waals surface area contributed by atoms with Gasteiger partial charge in [0, 0.05) is 18.3 Å². The fraction of sp³-hybridized carbons (Fsp3) is 0.421. The summed E-state index contributed by atoms with van der Waals surface area (Å²) >= 11 is 0. The monoisotopic (exact) mass is 378 g/mol. The van der Waals surface area contributed by atoms with Crippen LogP contribution < -0.4 is 4.48 Å². The second-order valence-corrected chi connectivity index (χ2v) is 8.81. The molecule has 0 spiro atoms. The number of aromatic nitrogens is 1. The first-order valence-electron chi connectivity index (χ1n) is 8.60. The Kier molecular flexibility index (Phi) is 6.52. The smallest absolute Gasteiger partial charge is 0.294 e. The maximum absolute atomic E-state index is 10.4. The van der Waals surface area contributed by atoms with E-state index in [0.717, 1.165) is 10.3 Å². The maximum Gasteiger partial charge on any atom is 0.294 e. The van der Waals surface area contributed by atoms with Crippen LogP contribution in [0, 0.1) is 0 Å². The number of quaternary nitrogens is 1. The number of hydrogen-bond acceptors (Lipinski definition) is 4. The van der Waals surface area contributed by atoms with E-state index < -0.39 is 10.1 Å². The molecule has 1 unspecified atom stereocenters. The summed E-state index contributed by atoms with van der Waals surface area (Å²) in [5.41, 5.74) is 1.36. The summed E-state index contributed by atoms with van der Waals surface area (Å²) < 4.78 is 30.0. The molecule has 1 aromatic heterocycles. The normalized spacial score (nSPS) is 18.3. The van der Waals surface area contributed by atoms with Gasteiger partial charge < -0.3 is 0 Å². The minimum absolute atomic E-state index is 0.0741. The van der Waals surface area contributed by atoms with E-state index in [9.17, 15) is 8.42 Å². The lowest BCUT2D eigenvalue weighted by atomic mass is 10.1. The highest BCUT2D eigenvalue weighted by molar-refractivity contribution is 7.85. The molecule has 0 amide bonds. The fourth-order valence-electron chi connectivity index (χ4n) is 2.92. The number of rotatable bonds is 3. The predicted octanol–water partition coefficient (Wildman–Crippen LogP) is 2.98. The molecule has 1 aromatic carbocycles. The highest BCUT2D eigenvalue weighted by Crippen LogP contribution is 2.30. The highest BCUT2D eigenvalue weighted by atomic mass is 32.2. The van der Waals surface area contributed by atoms with Gasteiger partial charge in [-0.15, -0.1) is 0 Å². The summed E-state index contributed by atoms with van der Waals surface area (Å²) in [4.78, 5) is 6.92. The van der Waals surface area contributed by atoms with Crippen LogP contribution in [0.1, 0.15) is 24.4 Å². The molecule has 1 aliphatic heterocycles. The van der Waals surface area contributed by atoms with Crippen molar-refractivity contribution in [3.63, 3.8) is 0 Å². The van der Waals surface area contributed by atoms with Crippen molar-refractivity contribution >= 4 is 15.9 Å². The molecule has 2 heterocycles. The molecule has 0 aliphatic carbocycles. The molecule has 142 valence electrons. The van der Waals surface area contributed by atoms with Gasteiger partial charge in [-0.2, -0.15) is 8.42 Å². The molecule has 26 heavy (non-hydrogen) atoms. The summed E-state index contributed by atoms with van der Waals surface area (Å²) in [7, 11) is 4.62. The van der Waals surface area contributed by atoms with E-state index in [2.05, 4.69) is 50.2 Å². The molecule has 1 fully saturated rings. The van der Waals surface area contributed by atoms with Gasteiger partial charge in [0.1, 0.15) is 0 Å². The van der Waals surface area contributed by atoms with Crippen molar-refractivity contribution in [3.8, 4) is 0 Å². The zero-order valence-corrected chi connectivity index (χ0v) is 16.6. The molecule has 0 saturated carbocycles. The van der Waals surface area contributed by atoms with Crippen LogP contribution in [0.15, 0.2) is 53.6 Å². The van der Waals surface area contributed by atoms with Gasteiger partial charge in [0.05, 0.1) is 26.0 Å². The van der Waals surface area contributed by atoms with E-state index in [4.69, 9.17) is 4.55 Å². The van der Waals surface area contributed by atoms with Crippen LogP contribution in [0.3, 0.4) is 0 Å². The van der Waals surface area contributed by atoms with Gasteiger partial charge in [0.15, 0.2) is 0 Å². The summed E-state index contributed by atoms with van der Waals surface area (Å²) in [5, 5.41) is 0. The topological polar surface area (TPSA) is 70.5 Å². The van der Waals surface area contributed by atoms with Crippen LogP contribution in [0.25, 0.3) is 0 Å². The molecule has 7 heteroatoms. The zero-order valence-electron chi connectivity index (χ0n) is 15.8. The molecule has 1 saturated heterocycles. The van der Waals surface area contributed by atoms with Gasteiger partial charge in [-0.05, 0) is 50.2 Å². The third-order valence-corrected chi connectivity index (χ3v) is 5.27. The van der Waals surface area contributed by atoms with Crippen molar-refractivity contribution in [2.75, 3.05) is 34.7 Å². The van der Waals surface area contributed by atoms with Crippen LogP contribution in [-0.4, -0.2) is 57.6 Å². The third-order valence-electron chi connectivity index (χ3n) is 4.40. The highest BCUT2D eigenvalue weighted by Gasteiger charge is 2.23. The summed E-state index contributed by atoms with van der Waals surface area (Å²) in [6.45, 7) is 1.21. The van der Waals surface area contributed by atoms with Gasteiger partial charge in [0.2, 0.25) is 5.82 Å². The van der Waals surface area contributed by atoms with Crippen molar-refractivity contribution in [2.24, 2.45) is 0 Å². The predicted molar refractivity (Wildman–Crippen MR) is 105 cm³/mol. The minimum Gasteiger partial charge on any atom is -0.299 e. The Balaban J connectivity index is 0.000000209. The zero-order chi connectivity index (χ0) is 19.4. The Labute approximate surface area is 156 Å². The molecule has 3 rings (SSSR count). The third kappa shape index (κ3) is 5.60. The van der Waals surface area contributed by atoms with Crippen LogP contribution in [0.2, 0.25) is 0 Å². The molecule has 6 nitrogen and oxygen atoms in total. The summed E-state index contributed by atoms with van der Waals surface area (Å²) in [6.07, 6.45) is 4.62. The fourth-order valence-corrected chi connectivity index (χ4v) is 3.42. The van der Waals surface area contributed by atoms with Crippen molar-refractivity contribution in [2.45, 2.75) is 23.8 Å². The van der Waals surface area contributed by atoms with Crippen LogP contribution in [0.4, 0.5) is 5.82 Å². The molecule has 2 aromatic rings. The van der Waals surface area contributed by atoms with E-state index >= 15 is 0 Å². The Morgan fingerprint density at radius 2 is 1.77 bits per heavy atom. The largest absolute Gasteiger partial charge is 0.299 e. The number of nitrogens with zero attached hydrogens (tertiary/aromatic N) is 3. The van der Waals surface area contributed by atoms with Crippen molar-refractivity contribution in [1.29, 1.82) is 0 Å². The van der Waals surface area contributed by atoms with Gasteiger partial charge in [-0.3, -0.25) is 13.9 Å². The lowest BCUT2D eigenvalue weighted by Crippen LogP contribution is -2.35. The summed E-state index contributed by atoms with van der Waals surface area (Å²) in [6, 6.07) is 12.4. The Bertz CT molecular complexity index is 800. The van der Waals surface area contributed by atoms with E-state index in [1.165, 1.54) is 37.1 Å². The second kappa shape index (κ2) is 8.26. The maximum atomic E-state index is 10.4. The quantitative estimate of drug-likeness (QED) is 0.657. The van der Waals surface area contributed by atoms with Crippen LogP contribution >= 0.6 is 0 Å². The Hall–Kier alpha value is -1.80. The minimum atomic E-state index is -4.00. The number of hydrogen-bond donors (Lipinski definition) is 1. The number of benzene rings is 1. The van der Waals surface area contributed by atoms with Crippen molar-refractivity contribution in [3.05, 3.63) is 54.2 Å². The van der Waals surface area contributed by atoms with Crippen LogP contribution in [0.5, 0.6) is 0 Å². The molecule has 0 radical (unpaired) electrons. The first-order valence-corrected chi connectivity index (χ1v) is 10.0. The van der Waals surface area contributed by atoms with E-state index in [1.807, 2.05) is 6.20 Å². The van der Waals surface area contributed by atoms with Gasteiger partial charge in [-0.25, -0.2) is 4.98 Å². The first-order chi connectivity index (χ1) is 12.1. The lowest BCUT2D eigenvalue weighted by Gasteiger charge is -2.23. The Morgan fingerprint density at radius 1 is 1.12 bits per heavy atom. The first kappa shape index (κ1) is 20.5. The standard InChI is InChI=1S/C13H22N3.C6H6O3S/c1-15-9-5-6-12(15)11-7-8-13(14-10-11)16(2,3)4;7-10(8,9)6-4-2-1-3-5-6/h7-8,10,12H,5-6,9H2,1-4H3;1-5H,(H,7,8,9)/q+1;. The molecule has 1 aliphatic rings. The number of likely N-dealkylation sites (tertiary alicyclic amines) is 1. The Morgan fingerprint density at radius 3 is 2.15 bits per heavy atom. The van der Waals surface area contributed by atoms with Crippen molar-refractivity contribution in [1.82, 2.24) is 14.4 Å². The van der Waals surface area contributed by atoms with Gasteiger partial charge in [-0.1, -0.05) is 18.2 Å². The molecular formula is C19H28N3O3S+. The van der Waals surface area contributed by atoms with E-state index in [-0.39, 0.29) is 4.90 Å². The van der Waals surface area contributed by atoms with E-state index in [0.29, 0.717) is 6.04 Å². The SMILES string of the molecule is CN1CCCC1c1ccc([N+](C)(C)C)nc1.O=S(=O)(O)c1ccccc1. The lowest BCUT2D eigenvalue weighted by molar-refractivity contribution is 0.316. The van der Waals surface area contributed by atoms with Gasteiger partial charge in [0.25, 0.3) is 10.1 Å². The van der Waals surface area contributed by atoms with Gasteiger partial charge >= 0.3 is 0 Å². The van der Waals surface area contributed by atoms with Crippen LogP contribution in [-0.2, 0) is 10.1 Å². The van der Waals surface area contributed by atoms with E-state index in [1.54, 1.807) is 18.2 Å². The summed E-state index contributed by atoms with van der Waals surface area (Å²) in [5.74, 6) is 1.12. The average Bonchev–Trinajstić information content (AvgIpc) is 3.01. The molecular weight excluding hydrogens is 350 g/mol.